The quantitative estimate of drug-likeness (QED) is 0.501. The Hall–Kier alpha value is -0.110. The molecule has 0 amide bonds. The molecule has 1 saturated heterocycles. The van der Waals surface area contributed by atoms with Gasteiger partial charge in [-0.2, -0.15) is 0 Å². The predicted molar refractivity (Wildman–Crippen MR) is 32.1 cm³/mol. The molecule has 1 nitrogen and oxygen atoms in total. The summed E-state index contributed by atoms with van der Waals surface area (Å²) in [5.74, 6) is 1.30. The Balaban J connectivity index is 2.30. The Labute approximate surface area is 47.2 Å². The first kappa shape index (κ1) is 3.84. The average Bonchev–Trinajstić information content (AvgIpc) is 2.22. The zero-order valence-electron chi connectivity index (χ0n) is 3.98. The maximum atomic E-state index is 3.27. The van der Waals surface area contributed by atoms with Gasteiger partial charge in [0.15, 0.2) is 0 Å². The van der Waals surface area contributed by atoms with Crippen molar-refractivity contribution in [2.24, 2.45) is 0 Å². The van der Waals surface area contributed by atoms with Crippen molar-refractivity contribution in [3.8, 4) is 0 Å². The number of nitrogens with one attached hydrogen (secondary N) is 1. The summed E-state index contributed by atoms with van der Waals surface area (Å²) in [6.45, 7) is 0. The Bertz CT molecular complexity index is 119. The number of hydrogen-bond donors (Lipinski definition) is 1. The molecule has 2 rings (SSSR count). The summed E-state index contributed by atoms with van der Waals surface area (Å²) in [7, 11) is 0. The van der Waals surface area contributed by atoms with E-state index in [1.807, 2.05) is 11.8 Å². The van der Waals surface area contributed by atoms with Gasteiger partial charge in [0.2, 0.25) is 0 Å². The first-order valence-electron chi connectivity index (χ1n) is 2.53. The zero-order valence-corrected chi connectivity index (χ0v) is 4.79. The molecule has 2 aliphatic rings. The molecule has 0 aliphatic carbocycles. The van der Waals surface area contributed by atoms with E-state index in [2.05, 4.69) is 11.5 Å². The second-order valence-corrected chi connectivity index (χ2v) is 3.14. The number of fused-ring (bicyclic) bond motifs is 2. The van der Waals surface area contributed by atoms with E-state index in [0.717, 1.165) is 6.04 Å². The number of thioether (sulfide) groups is 1. The third kappa shape index (κ3) is 0.462. The molecule has 38 valence electrons. The minimum Gasteiger partial charge on any atom is -0.386 e. The summed E-state index contributed by atoms with van der Waals surface area (Å²) >= 11 is 1.99. The van der Waals surface area contributed by atoms with Gasteiger partial charge in [-0.05, 0) is 0 Å². The third-order valence-corrected chi connectivity index (χ3v) is 2.62. The van der Waals surface area contributed by atoms with Crippen molar-refractivity contribution in [2.45, 2.75) is 12.5 Å². The Morgan fingerprint density at radius 2 is 2.86 bits per heavy atom. The standard InChI is InChI=1S/C5H7NS/c1-4-3-7-5(1)2-6-4/h2,4,6H,1,3H2. The van der Waals surface area contributed by atoms with E-state index in [0.29, 0.717) is 0 Å². The van der Waals surface area contributed by atoms with Crippen molar-refractivity contribution in [2.75, 3.05) is 5.75 Å². The molecule has 2 aliphatic heterocycles. The minimum atomic E-state index is 0.792. The van der Waals surface area contributed by atoms with Crippen LogP contribution in [0.1, 0.15) is 6.42 Å². The van der Waals surface area contributed by atoms with Crippen LogP contribution in [-0.2, 0) is 0 Å². The highest BCUT2D eigenvalue weighted by Gasteiger charge is 2.23. The number of rotatable bonds is 0. The summed E-state index contributed by atoms with van der Waals surface area (Å²) in [6.07, 6.45) is 3.43. The lowest BCUT2D eigenvalue weighted by Gasteiger charge is -2.03. The van der Waals surface area contributed by atoms with Crippen LogP contribution in [0.15, 0.2) is 11.1 Å². The number of hydrogen-bond acceptors (Lipinski definition) is 2. The topological polar surface area (TPSA) is 12.0 Å². The molecule has 1 unspecified atom stereocenters. The molecule has 2 heteroatoms. The van der Waals surface area contributed by atoms with Gasteiger partial charge in [0.1, 0.15) is 0 Å². The highest BCUT2D eigenvalue weighted by atomic mass is 32.2. The van der Waals surface area contributed by atoms with Gasteiger partial charge in [-0.15, -0.1) is 11.8 Å². The van der Waals surface area contributed by atoms with Gasteiger partial charge in [-0.1, -0.05) is 0 Å². The first-order chi connectivity index (χ1) is 3.45. The van der Waals surface area contributed by atoms with Crippen LogP contribution in [0.3, 0.4) is 0 Å². The fraction of sp³-hybridized carbons (Fsp3) is 0.600. The van der Waals surface area contributed by atoms with Crippen LogP contribution in [0.4, 0.5) is 0 Å². The molecule has 0 aromatic rings. The maximum Gasteiger partial charge on any atom is 0.0395 e. The van der Waals surface area contributed by atoms with Gasteiger partial charge in [-0.25, -0.2) is 0 Å². The van der Waals surface area contributed by atoms with Gasteiger partial charge in [0.05, 0.1) is 0 Å². The fourth-order valence-electron chi connectivity index (χ4n) is 0.987. The summed E-state index contributed by atoms with van der Waals surface area (Å²) in [5, 5.41) is 3.27. The molecule has 0 aromatic heterocycles. The summed E-state index contributed by atoms with van der Waals surface area (Å²) in [4.78, 5) is 1.55. The van der Waals surface area contributed by atoms with Gasteiger partial charge in [0.25, 0.3) is 0 Å². The summed E-state index contributed by atoms with van der Waals surface area (Å²) in [6, 6.07) is 0.792. The van der Waals surface area contributed by atoms with Gasteiger partial charge < -0.3 is 5.32 Å². The van der Waals surface area contributed by atoms with Crippen LogP contribution >= 0.6 is 11.8 Å². The molecule has 1 fully saturated rings. The van der Waals surface area contributed by atoms with Crippen molar-refractivity contribution >= 4 is 11.8 Å². The lowest BCUT2D eigenvalue weighted by atomic mass is 10.3. The lowest BCUT2D eigenvalue weighted by molar-refractivity contribution is 0.710. The van der Waals surface area contributed by atoms with Crippen molar-refractivity contribution in [3.05, 3.63) is 11.1 Å². The molecule has 1 atom stereocenters. The van der Waals surface area contributed by atoms with E-state index in [9.17, 15) is 0 Å². The summed E-state index contributed by atoms with van der Waals surface area (Å²) in [5.41, 5.74) is 0. The smallest absolute Gasteiger partial charge is 0.0395 e. The van der Waals surface area contributed by atoms with Gasteiger partial charge >= 0.3 is 0 Å². The van der Waals surface area contributed by atoms with E-state index in [1.54, 1.807) is 4.91 Å². The van der Waals surface area contributed by atoms with E-state index in [1.165, 1.54) is 12.2 Å². The molecule has 0 radical (unpaired) electrons. The Kier molecular flexibility index (Phi) is 0.651. The monoisotopic (exact) mass is 113 g/mol. The van der Waals surface area contributed by atoms with Crippen LogP contribution in [0.2, 0.25) is 0 Å². The van der Waals surface area contributed by atoms with Crippen LogP contribution in [0, 0.1) is 0 Å². The largest absolute Gasteiger partial charge is 0.386 e. The molecule has 2 bridgehead atoms. The van der Waals surface area contributed by atoms with Crippen molar-refractivity contribution < 1.29 is 0 Å². The first-order valence-corrected chi connectivity index (χ1v) is 3.51. The second kappa shape index (κ2) is 1.19. The van der Waals surface area contributed by atoms with Gasteiger partial charge in [0, 0.05) is 29.3 Å². The van der Waals surface area contributed by atoms with Crippen molar-refractivity contribution in [3.63, 3.8) is 0 Å². The maximum absolute atomic E-state index is 3.27. The molecular formula is C5H7NS. The highest BCUT2D eigenvalue weighted by molar-refractivity contribution is 8.03. The highest BCUT2D eigenvalue weighted by Crippen LogP contribution is 2.33. The van der Waals surface area contributed by atoms with Crippen LogP contribution in [0.25, 0.3) is 0 Å². The lowest BCUT2D eigenvalue weighted by Crippen LogP contribution is -2.19. The van der Waals surface area contributed by atoms with Gasteiger partial charge in [-0.3, -0.25) is 0 Å². The van der Waals surface area contributed by atoms with Crippen LogP contribution in [0.5, 0.6) is 0 Å². The SMILES string of the molecule is C1=C2CC(CS2)N1. The molecule has 2 heterocycles. The summed E-state index contributed by atoms with van der Waals surface area (Å²) < 4.78 is 0. The molecular weight excluding hydrogens is 106 g/mol. The van der Waals surface area contributed by atoms with E-state index in [4.69, 9.17) is 0 Å². The Morgan fingerprint density at radius 3 is 3.00 bits per heavy atom. The van der Waals surface area contributed by atoms with E-state index >= 15 is 0 Å². The average molecular weight is 113 g/mol. The second-order valence-electron chi connectivity index (χ2n) is 1.99. The van der Waals surface area contributed by atoms with Crippen molar-refractivity contribution in [1.82, 2.24) is 5.32 Å². The van der Waals surface area contributed by atoms with Crippen LogP contribution in [-0.4, -0.2) is 11.8 Å². The normalized spacial score (nSPS) is 35.4. The Morgan fingerprint density at radius 1 is 1.86 bits per heavy atom. The fourth-order valence-corrected chi connectivity index (χ4v) is 2.09. The molecule has 7 heavy (non-hydrogen) atoms. The minimum absolute atomic E-state index is 0.792. The zero-order chi connectivity index (χ0) is 4.69. The van der Waals surface area contributed by atoms with E-state index < -0.39 is 0 Å². The predicted octanol–water partition coefficient (Wildman–Crippen LogP) is 0.936. The molecule has 0 spiro atoms. The molecule has 1 N–H and O–H groups in total. The van der Waals surface area contributed by atoms with Crippen LogP contribution < -0.4 is 5.32 Å². The molecule has 0 saturated carbocycles. The van der Waals surface area contributed by atoms with Crippen molar-refractivity contribution in [1.29, 1.82) is 0 Å². The van der Waals surface area contributed by atoms with E-state index in [-0.39, 0.29) is 0 Å². The third-order valence-electron chi connectivity index (χ3n) is 1.40. The molecule has 0 aromatic carbocycles.